The molecular weight excluding hydrogens is 244 g/mol. The molecule has 2 heteroatoms. The first-order chi connectivity index (χ1) is 8.63. The smallest absolute Gasteiger partial charge is 0.0832 e. The van der Waals surface area contributed by atoms with Crippen molar-refractivity contribution in [2.45, 2.75) is 52.1 Å². The summed E-state index contributed by atoms with van der Waals surface area (Å²) in [5, 5.41) is 11.3. The van der Waals surface area contributed by atoms with E-state index in [1.165, 1.54) is 19.3 Å². The molecule has 0 spiro atoms. The van der Waals surface area contributed by atoms with E-state index in [-0.39, 0.29) is 0 Å². The van der Waals surface area contributed by atoms with Crippen molar-refractivity contribution in [3.8, 4) is 0 Å². The van der Waals surface area contributed by atoms with Gasteiger partial charge in [0, 0.05) is 5.02 Å². The number of hydrogen-bond donors (Lipinski definition) is 1. The van der Waals surface area contributed by atoms with E-state index in [0.29, 0.717) is 5.92 Å². The Bertz CT molecular complexity index is 402. The van der Waals surface area contributed by atoms with Crippen LogP contribution in [-0.2, 0) is 0 Å². The third kappa shape index (κ3) is 2.89. The minimum atomic E-state index is -0.397. The minimum Gasteiger partial charge on any atom is -0.388 e. The summed E-state index contributed by atoms with van der Waals surface area (Å²) in [6.07, 6.45) is 5.66. The molecule has 18 heavy (non-hydrogen) atoms. The molecule has 1 aromatic carbocycles. The molecule has 0 aliphatic heterocycles. The molecule has 3 atom stereocenters. The zero-order valence-electron chi connectivity index (χ0n) is 11.3. The summed E-state index contributed by atoms with van der Waals surface area (Å²) in [5.74, 6) is 1.16. The predicted molar refractivity (Wildman–Crippen MR) is 76.9 cm³/mol. The highest BCUT2D eigenvalue weighted by atomic mass is 35.5. The minimum absolute atomic E-state index is 0.378. The molecule has 1 saturated carbocycles. The predicted octanol–water partition coefficient (Wildman–Crippen LogP) is 4.90. The Morgan fingerprint density at radius 1 is 1.39 bits per heavy atom. The molecule has 0 heterocycles. The highest BCUT2D eigenvalue weighted by Crippen LogP contribution is 2.40. The van der Waals surface area contributed by atoms with Crippen molar-refractivity contribution in [1.29, 1.82) is 0 Å². The van der Waals surface area contributed by atoms with Crippen molar-refractivity contribution in [3.63, 3.8) is 0 Å². The molecule has 0 aromatic heterocycles. The molecule has 100 valence electrons. The molecule has 1 N–H and O–H groups in total. The molecule has 0 amide bonds. The summed E-state index contributed by atoms with van der Waals surface area (Å²) in [4.78, 5) is 0. The van der Waals surface area contributed by atoms with Gasteiger partial charge in [-0.3, -0.25) is 0 Å². The standard InChI is InChI=1S/C16H23ClO/c1-3-12-7-5-8-13(10-12)16(18)14-9-4-6-11(2)15(14)17/h4,6,9,12-13,16,18H,3,5,7-8,10H2,1-2H3. The van der Waals surface area contributed by atoms with E-state index >= 15 is 0 Å². The number of aliphatic hydroxyl groups excluding tert-OH is 1. The number of aliphatic hydroxyl groups is 1. The van der Waals surface area contributed by atoms with Crippen LogP contribution in [0.3, 0.4) is 0 Å². The normalized spacial score (nSPS) is 26.0. The highest BCUT2D eigenvalue weighted by Gasteiger charge is 2.28. The Morgan fingerprint density at radius 3 is 2.89 bits per heavy atom. The highest BCUT2D eigenvalue weighted by molar-refractivity contribution is 6.32. The second kappa shape index (κ2) is 6.08. The van der Waals surface area contributed by atoms with Gasteiger partial charge in [0.05, 0.1) is 6.10 Å². The third-order valence-corrected chi connectivity index (χ3v) is 4.90. The Kier molecular flexibility index (Phi) is 4.69. The monoisotopic (exact) mass is 266 g/mol. The lowest BCUT2D eigenvalue weighted by Crippen LogP contribution is -2.21. The summed E-state index contributed by atoms with van der Waals surface area (Å²) in [6, 6.07) is 5.95. The average Bonchev–Trinajstić information content (AvgIpc) is 2.41. The number of hydrogen-bond acceptors (Lipinski definition) is 1. The summed E-state index contributed by atoms with van der Waals surface area (Å²) >= 11 is 6.32. The zero-order chi connectivity index (χ0) is 13.1. The van der Waals surface area contributed by atoms with Gasteiger partial charge in [0.2, 0.25) is 0 Å². The second-order valence-electron chi connectivity index (χ2n) is 5.62. The van der Waals surface area contributed by atoms with Gasteiger partial charge in [0.15, 0.2) is 0 Å². The first-order valence-electron chi connectivity index (χ1n) is 7.06. The van der Waals surface area contributed by atoms with Crippen molar-refractivity contribution in [1.82, 2.24) is 0 Å². The lowest BCUT2D eigenvalue weighted by molar-refractivity contribution is 0.0678. The zero-order valence-corrected chi connectivity index (χ0v) is 12.1. The fourth-order valence-electron chi connectivity index (χ4n) is 3.14. The molecule has 1 aliphatic rings. The molecular formula is C16H23ClO. The third-order valence-electron chi connectivity index (χ3n) is 4.39. The van der Waals surface area contributed by atoms with Crippen molar-refractivity contribution >= 4 is 11.6 Å². The Hall–Kier alpha value is -0.530. The summed E-state index contributed by atoms with van der Waals surface area (Å²) in [6.45, 7) is 4.24. The number of halogens is 1. The van der Waals surface area contributed by atoms with E-state index in [0.717, 1.165) is 34.9 Å². The Morgan fingerprint density at radius 2 is 2.17 bits per heavy atom. The maximum Gasteiger partial charge on any atom is 0.0832 e. The maximum absolute atomic E-state index is 10.6. The van der Waals surface area contributed by atoms with Crippen LogP contribution in [0.25, 0.3) is 0 Å². The summed E-state index contributed by atoms with van der Waals surface area (Å²) < 4.78 is 0. The van der Waals surface area contributed by atoms with E-state index in [1.807, 2.05) is 25.1 Å². The number of benzene rings is 1. The molecule has 1 fully saturated rings. The van der Waals surface area contributed by atoms with Gasteiger partial charge in [-0.2, -0.15) is 0 Å². The first-order valence-corrected chi connectivity index (χ1v) is 7.44. The topological polar surface area (TPSA) is 20.2 Å². The molecule has 0 saturated heterocycles. The van der Waals surface area contributed by atoms with Gasteiger partial charge in [-0.25, -0.2) is 0 Å². The van der Waals surface area contributed by atoms with Crippen molar-refractivity contribution in [2.75, 3.05) is 0 Å². The molecule has 0 radical (unpaired) electrons. The Balaban J connectivity index is 2.15. The van der Waals surface area contributed by atoms with Gasteiger partial charge in [0.1, 0.15) is 0 Å². The SMILES string of the molecule is CCC1CCCC(C(O)c2cccc(C)c2Cl)C1. The van der Waals surface area contributed by atoms with Gasteiger partial charge < -0.3 is 5.11 Å². The molecule has 1 aromatic rings. The quantitative estimate of drug-likeness (QED) is 0.825. The van der Waals surface area contributed by atoms with Crippen LogP contribution >= 0.6 is 11.6 Å². The van der Waals surface area contributed by atoms with E-state index in [4.69, 9.17) is 11.6 Å². The number of aryl methyl sites for hydroxylation is 1. The summed E-state index contributed by atoms with van der Waals surface area (Å²) in [7, 11) is 0. The van der Waals surface area contributed by atoms with Gasteiger partial charge >= 0.3 is 0 Å². The van der Waals surface area contributed by atoms with Crippen molar-refractivity contribution < 1.29 is 5.11 Å². The maximum atomic E-state index is 10.6. The summed E-state index contributed by atoms with van der Waals surface area (Å²) in [5.41, 5.74) is 1.97. The fourth-order valence-corrected chi connectivity index (χ4v) is 3.38. The molecule has 0 bridgehead atoms. The number of rotatable bonds is 3. The molecule has 2 rings (SSSR count). The van der Waals surface area contributed by atoms with Gasteiger partial charge in [-0.15, -0.1) is 0 Å². The van der Waals surface area contributed by atoms with Crippen LogP contribution in [0.5, 0.6) is 0 Å². The van der Waals surface area contributed by atoms with Crippen LogP contribution < -0.4 is 0 Å². The largest absolute Gasteiger partial charge is 0.388 e. The fraction of sp³-hybridized carbons (Fsp3) is 0.625. The van der Waals surface area contributed by atoms with Gasteiger partial charge in [0.25, 0.3) is 0 Å². The molecule has 1 nitrogen and oxygen atoms in total. The van der Waals surface area contributed by atoms with Gasteiger partial charge in [-0.05, 0) is 42.7 Å². The van der Waals surface area contributed by atoms with Crippen LogP contribution in [0.2, 0.25) is 5.02 Å². The van der Waals surface area contributed by atoms with Crippen LogP contribution in [0, 0.1) is 18.8 Å². The van der Waals surface area contributed by atoms with Crippen LogP contribution in [-0.4, -0.2) is 5.11 Å². The van der Waals surface area contributed by atoms with Crippen LogP contribution in [0.4, 0.5) is 0 Å². The van der Waals surface area contributed by atoms with E-state index in [1.54, 1.807) is 0 Å². The van der Waals surface area contributed by atoms with E-state index < -0.39 is 6.10 Å². The van der Waals surface area contributed by atoms with Gasteiger partial charge in [-0.1, -0.05) is 56.0 Å². The molecule has 3 unspecified atom stereocenters. The Labute approximate surface area is 115 Å². The van der Waals surface area contributed by atoms with Crippen molar-refractivity contribution in [3.05, 3.63) is 34.3 Å². The average molecular weight is 267 g/mol. The lowest BCUT2D eigenvalue weighted by Gasteiger charge is -2.32. The second-order valence-corrected chi connectivity index (χ2v) is 6.00. The first kappa shape index (κ1) is 13.9. The lowest BCUT2D eigenvalue weighted by atomic mass is 9.76. The molecule has 1 aliphatic carbocycles. The van der Waals surface area contributed by atoms with E-state index in [2.05, 4.69) is 6.92 Å². The van der Waals surface area contributed by atoms with E-state index in [9.17, 15) is 5.11 Å². The van der Waals surface area contributed by atoms with Crippen LogP contribution in [0.15, 0.2) is 18.2 Å². The van der Waals surface area contributed by atoms with Crippen LogP contribution in [0.1, 0.15) is 56.3 Å². The van der Waals surface area contributed by atoms with Crippen molar-refractivity contribution in [2.24, 2.45) is 11.8 Å².